The van der Waals surface area contributed by atoms with E-state index < -0.39 is 0 Å². The van der Waals surface area contributed by atoms with Gasteiger partial charge in [0, 0.05) is 49.1 Å². The van der Waals surface area contributed by atoms with E-state index in [-0.39, 0.29) is 12.5 Å². The lowest BCUT2D eigenvalue weighted by Gasteiger charge is -2.21. The van der Waals surface area contributed by atoms with Gasteiger partial charge < -0.3 is 10.3 Å². The average molecular weight is 391 g/mol. The molecule has 0 spiro atoms. The highest BCUT2D eigenvalue weighted by molar-refractivity contribution is 7.07. The summed E-state index contributed by atoms with van der Waals surface area (Å²) in [6.07, 6.45) is 5.76. The Morgan fingerprint density at radius 2 is 1.93 bits per heavy atom. The van der Waals surface area contributed by atoms with Crippen LogP contribution in [0.5, 0.6) is 0 Å². The summed E-state index contributed by atoms with van der Waals surface area (Å²) >= 11 is 1.71. The first kappa shape index (κ1) is 18.4. The Bertz CT molecular complexity index is 1060. The van der Waals surface area contributed by atoms with Crippen molar-refractivity contribution in [2.24, 2.45) is 5.73 Å². The Kier molecular flexibility index (Phi) is 5.50. The minimum Gasteiger partial charge on any atom is -0.368 e. The number of hydrogen-bond donors (Lipinski definition) is 1. The molecule has 4 aromatic rings. The molecule has 0 atom stereocenters. The van der Waals surface area contributed by atoms with Crippen molar-refractivity contribution in [2.75, 3.05) is 0 Å². The number of hydrogen-bond acceptors (Lipinski definition) is 4. The van der Waals surface area contributed by atoms with Crippen molar-refractivity contribution in [1.82, 2.24) is 14.5 Å². The maximum absolute atomic E-state index is 11.5. The number of carbonyl (C=O) groups excluding carboxylic acids is 1. The molecule has 0 aliphatic heterocycles. The molecule has 4 rings (SSSR count). The van der Waals surface area contributed by atoms with Crippen molar-refractivity contribution in [3.8, 4) is 0 Å². The van der Waals surface area contributed by atoms with E-state index in [9.17, 15) is 4.79 Å². The van der Waals surface area contributed by atoms with Gasteiger partial charge in [0.15, 0.2) is 0 Å². The van der Waals surface area contributed by atoms with Gasteiger partial charge in [-0.05, 0) is 45.6 Å². The molecule has 28 heavy (non-hydrogen) atoms. The van der Waals surface area contributed by atoms with Crippen LogP contribution in [-0.2, 0) is 31.0 Å². The Morgan fingerprint density at radius 1 is 1.07 bits per heavy atom. The highest BCUT2D eigenvalue weighted by atomic mass is 32.1. The molecule has 0 radical (unpaired) electrons. The number of para-hydroxylation sites is 1. The zero-order valence-corrected chi connectivity index (χ0v) is 16.3. The molecule has 2 N–H and O–H groups in total. The van der Waals surface area contributed by atoms with Crippen molar-refractivity contribution >= 4 is 28.1 Å². The highest BCUT2D eigenvalue weighted by Crippen LogP contribution is 2.24. The first-order valence-electron chi connectivity index (χ1n) is 9.16. The predicted molar refractivity (Wildman–Crippen MR) is 113 cm³/mol. The van der Waals surface area contributed by atoms with Crippen LogP contribution in [0.2, 0.25) is 0 Å². The molecule has 142 valence electrons. The van der Waals surface area contributed by atoms with Gasteiger partial charge >= 0.3 is 0 Å². The number of carbonyl (C=O) groups is 1. The van der Waals surface area contributed by atoms with Crippen molar-refractivity contribution in [1.29, 1.82) is 0 Å². The van der Waals surface area contributed by atoms with Gasteiger partial charge in [-0.15, -0.1) is 0 Å². The Morgan fingerprint density at radius 3 is 2.68 bits per heavy atom. The summed E-state index contributed by atoms with van der Waals surface area (Å²) in [7, 11) is 0. The molecule has 0 bridgehead atoms. The fourth-order valence-corrected chi connectivity index (χ4v) is 4.21. The number of amides is 1. The average Bonchev–Trinajstić information content (AvgIpc) is 3.31. The van der Waals surface area contributed by atoms with Crippen LogP contribution in [0, 0.1) is 0 Å². The third-order valence-electron chi connectivity index (χ3n) is 4.71. The lowest BCUT2D eigenvalue weighted by Crippen LogP contribution is -2.22. The van der Waals surface area contributed by atoms with Crippen LogP contribution in [-0.4, -0.2) is 20.4 Å². The summed E-state index contributed by atoms with van der Waals surface area (Å²) in [5, 5.41) is 5.45. The summed E-state index contributed by atoms with van der Waals surface area (Å²) in [5.74, 6) is -0.335. The van der Waals surface area contributed by atoms with E-state index in [1.165, 1.54) is 16.7 Å². The first-order chi connectivity index (χ1) is 13.7. The normalized spacial score (nSPS) is 11.3. The number of pyridine rings is 1. The largest absolute Gasteiger partial charge is 0.368 e. The van der Waals surface area contributed by atoms with E-state index in [1.54, 1.807) is 17.5 Å². The molecule has 0 aliphatic rings. The third-order valence-corrected chi connectivity index (χ3v) is 5.44. The van der Waals surface area contributed by atoms with Crippen LogP contribution >= 0.6 is 11.3 Å². The highest BCUT2D eigenvalue weighted by Gasteiger charge is 2.14. The topological polar surface area (TPSA) is 64.2 Å². The van der Waals surface area contributed by atoms with Crippen LogP contribution in [0.25, 0.3) is 10.9 Å². The van der Waals surface area contributed by atoms with Gasteiger partial charge in [-0.25, -0.2) is 0 Å². The van der Waals surface area contributed by atoms with Crippen LogP contribution in [0.4, 0.5) is 0 Å². The zero-order chi connectivity index (χ0) is 19.3. The van der Waals surface area contributed by atoms with Crippen molar-refractivity contribution < 1.29 is 4.79 Å². The number of rotatable bonds is 8. The van der Waals surface area contributed by atoms with Gasteiger partial charge in [-0.2, -0.15) is 11.3 Å². The van der Waals surface area contributed by atoms with Crippen molar-refractivity contribution in [3.63, 3.8) is 0 Å². The van der Waals surface area contributed by atoms with E-state index >= 15 is 0 Å². The maximum atomic E-state index is 11.5. The maximum Gasteiger partial charge on any atom is 0.237 e. The van der Waals surface area contributed by atoms with Gasteiger partial charge in [0.25, 0.3) is 0 Å². The summed E-state index contributed by atoms with van der Waals surface area (Å²) < 4.78 is 1.94. The molecule has 0 unspecified atom stereocenters. The fraction of sp³-hybridized carbons (Fsp3) is 0.182. The van der Waals surface area contributed by atoms with Gasteiger partial charge in [0.05, 0.1) is 0 Å². The fourth-order valence-electron chi connectivity index (χ4n) is 3.55. The SMILES string of the molecule is NC(=O)Cn1cc(CN(Cc2cccnc2)Cc2ccsc2)c2ccccc21. The lowest BCUT2D eigenvalue weighted by atomic mass is 10.1. The first-order valence-corrected chi connectivity index (χ1v) is 10.1. The number of thiophene rings is 1. The number of nitrogens with zero attached hydrogens (tertiary/aromatic N) is 3. The number of primary amides is 1. The minimum absolute atomic E-state index is 0.188. The van der Waals surface area contributed by atoms with E-state index in [0.717, 1.165) is 30.5 Å². The smallest absolute Gasteiger partial charge is 0.237 e. The van der Waals surface area contributed by atoms with Crippen molar-refractivity contribution in [2.45, 2.75) is 26.2 Å². The molecular weight excluding hydrogens is 368 g/mol. The van der Waals surface area contributed by atoms with E-state index in [2.05, 4.69) is 45.0 Å². The standard InChI is InChI=1S/C22H22N4OS/c23-22(27)15-26-14-19(20-5-1-2-6-21(20)26)13-25(12-18-7-9-28-16-18)11-17-4-3-8-24-10-17/h1-10,14,16H,11-13,15H2,(H2,23,27). The number of benzene rings is 1. The van der Waals surface area contributed by atoms with Crippen LogP contribution in [0.15, 0.2) is 71.8 Å². The van der Waals surface area contributed by atoms with Crippen LogP contribution in [0.1, 0.15) is 16.7 Å². The molecule has 5 nitrogen and oxygen atoms in total. The molecule has 1 amide bonds. The van der Waals surface area contributed by atoms with Gasteiger partial charge in [-0.1, -0.05) is 24.3 Å². The van der Waals surface area contributed by atoms with Gasteiger partial charge in [0.1, 0.15) is 6.54 Å². The monoisotopic (exact) mass is 390 g/mol. The van der Waals surface area contributed by atoms with Crippen molar-refractivity contribution in [3.05, 3.63) is 88.5 Å². The summed E-state index contributed by atoms with van der Waals surface area (Å²) in [4.78, 5) is 18.1. The molecular formula is C22H22N4OS. The van der Waals surface area contributed by atoms with Gasteiger partial charge in [-0.3, -0.25) is 14.7 Å². The minimum atomic E-state index is -0.335. The van der Waals surface area contributed by atoms with Crippen LogP contribution < -0.4 is 5.73 Å². The quantitative estimate of drug-likeness (QED) is 0.498. The predicted octanol–water partition coefficient (Wildman–Crippen LogP) is 3.79. The Labute approximate surface area is 168 Å². The molecule has 3 aromatic heterocycles. The molecule has 0 aliphatic carbocycles. The molecule has 1 aromatic carbocycles. The molecule has 0 fully saturated rings. The number of aromatic nitrogens is 2. The van der Waals surface area contributed by atoms with Crippen LogP contribution in [0.3, 0.4) is 0 Å². The second kappa shape index (κ2) is 8.37. The zero-order valence-electron chi connectivity index (χ0n) is 15.5. The lowest BCUT2D eigenvalue weighted by molar-refractivity contribution is -0.118. The number of nitrogens with two attached hydrogens (primary N) is 1. The second-order valence-corrected chi connectivity index (χ2v) is 7.68. The Hall–Kier alpha value is -2.96. The molecule has 3 heterocycles. The molecule has 6 heteroatoms. The Balaban J connectivity index is 1.65. The van der Waals surface area contributed by atoms with E-state index in [0.29, 0.717) is 0 Å². The third kappa shape index (κ3) is 4.30. The summed E-state index contributed by atoms with van der Waals surface area (Å²) in [5.41, 5.74) is 10.1. The summed E-state index contributed by atoms with van der Waals surface area (Å²) in [6.45, 7) is 2.62. The summed E-state index contributed by atoms with van der Waals surface area (Å²) in [6, 6.07) is 14.4. The van der Waals surface area contributed by atoms with Gasteiger partial charge in [0.2, 0.25) is 5.91 Å². The van der Waals surface area contributed by atoms with E-state index in [1.807, 2.05) is 35.0 Å². The molecule has 0 saturated carbocycles. The van der Waals surface area contributed by atoms with E-state index in [4.69, 9.17) is 5.73 Å². The number of fused-ring (bicyclic) bond motifs is 1. The second-order valence-electron chi connectivity index (χ2n) is 6.90. The molecule has 0 saturated heterocycles.